The van der Waals surface area contributed by atoms with Gasteiger partial charge in [-0.25, -0.2) is 0 Å². The number of benzene rings is 1. The monoisotopic (exact) mass is 356 g/mol. The van der Waals surface area contributed by atoms with Gasteiger partial charge in [-0.2, -0.15) is 0 Å². The second kappa shape index (κ2) is 8.53. The van der Waals surface area contributed by atoms with Gasteiger partial charge >= 0.3 is 0 Å². The van der Waals surface area contributed by atoms with Crippen LogP contribution in [0.3, 0.4) is 0 Å². The van der Waals surface area contributed by atoms with Crippen LogP contribution in [0.4, 0.5) is 0 Å². The first kappa shape index (κ1) is 25.1. The zero-order valence-electron chi connectivity index (χ0n) is 13.3. The Kier molecular flexibility index (Phi) is 10.7. The molecule has 0 unspecified atom stereocenters. The molecular formula is C15H26Cl2O2Ti. The molecule has 2 nitrogen and oxygen atoms in total. The molecular weight excluding hydrogens is 331 g/mol. The second-order valence-electron chi connectivity index (χ2n) is 6.54. The summed E-state index contributed by atoms with van der Waals surface area (Å²) >= 11 is 0. The van der Waals surface area contributed by atoms with Crippen LogP contribution in [0.5, 0.6) is 11.5 Å². The molecule has 0 aliphatic rings. The molecule has 1 rings (SSSR count). The molecule has 0 saturated carbocycles. The van der Waals surface area contributed by atoms with Crippen molar-refractivity contribution in [2.45, 2.75) is 52.4 Å². The van der Waals surface area contributed by atoms with Crippen molar-refractivity contribution in [2.75, 3.05) is 7.11 Å². The Morgan fingerprint density at radius 1 is 0.850 bits per heavy atom. The summed E-state index contributed by atoms with van der Waals surface area (Å²) in [6, 6.07) is 3.56. The maximum absolute atomic E-state index is 10.2. The Balaban J connectivity index is -0.000000963. The molecule has 0 fully saturated rings. The summed E-state index contributed by atoms with van der Waals surface area (Å²) in [5, 5.41) is 10.2. The fraction of sp³-hybridized carbons (Fsp3) is 0.600. The molecule has 1 N–H and O–H groups in total. The van der Waals surface area contributed by atoms with E-state index in [1.165, 1.54) is 0 Å². The molecule has 0 saturated heterocycles. The summed E-state index contributed by atoms with van der Waals surface area (Å²) in [6.45, 7) is 12.7. The predicted molar refractivity (Wildman–Crippen MR) is 86.6 cm³/mol. The van der Waals surface area contributed by atoms with E-state index in [9.17, 15) is 5.11 Å². The number of phenols is 1. The third kappa shape index (κ3) is 5.48. The molecule has 0 amide bonds. The molecule has 0 atom stereocenters. The van der Waals surface area contributed by atoms with E-state index in [1.54, 1.807) is 13.2 Å². The molecule has 0 aromatic heterocycles. The van der Waals surface area contributed by atoms with Gasteiger partial charge in [0.15, 0.2) is 0 Å². The van der Waals surface area contributed by atoms with Crippen LogP contribution in [0.15, 0.2) is 12.1 Å². The van der Waals surface area contributed by atoms with E-state index in [2.05, 4.69) is 41.5 Å². The third-order valence-electron chi connectivity index (χ3n) is 2.87. The van der Waals surface area contributed by atoms with Gasteiger partial charge in [-0.05, 0) is 23.0 Å². The minimum absolute atomic E-state index is 0. The quantitative estimate of drug-likeness (QED) is 0.729. The smallest absolute Gasteiger partial charge is 0.123 e. The fourth-order valence-corrected chi connectivity index (χ4v) is 2.25. The van der Waals surface area contributed by atoms with E-state index in [0.717, 1.165) is 16.9 Å². The average Bonchev–Trinajstić information content (AvgIpc) is 2.13. The van der Waals surface area contributed by atoms with Gasteiger partial charge in [0.1, 0.15) is 11.5 Å². The van der Waals surface area contributed by atoms with Crippen LogP contribution in [-0.4, -0.2) is 12.2 Å². The molecule has 116 valence electrons. The Bertz CT molecular complexity index is 421. The van der Waals surface area contributed by atoms with E-state index >= 15 is 0 Å². The summed E-state index contributed by atoms with van der Waals surface area (Å²) in [6.07, 6.45) is 0. The number of phenolic OH excluding ortho intramolecular Hbond substituents is 1. The van der Waals surface area contributed by atoms with Gasteiger partial charge in [0.25, 0.3) is 0 Å². The van der Waals surface area contributed by atoms with Gasteiger partial charge in [0.05, 0.1) is 7.11 Å². The molecule has 1 aromatic carbocycles. The van der Waals surface area contributed by atoms with Crippen molar-refractivity contribution >= 4 is 24.8 Å². The number of aromatic hydroxyl groups is 1. The van der Waals surface area contributed by atoms with Crippen LogP contribution >= 0.6 is 24.8 Å². The van der Waals surface area contributed by atoms with Crippen molar-refractivity contribution in [3.05, 3.63) is 23.3 Å². The van der Waals surface area contributed by atoms with Crippen molar-refractivity contribution in [1.29, 1.82) is 0 Å². The molecule has 5 heteroatoms. The third-order valence-corrected chi connectivity index (χ3v) is 2.87. The minimum atomic E-state index is -0.110. The van der Waals surface area contributed by atoms with Gasteiger partial charge in [0, 0.05) is 32.8 Å². The standard InChI is InChI=1S/C15H24O2.2ClH.Ti/c1-14(2,3)12-10(16)8-9-11(17-7)13(12)15(4,5)6;;;/h8-9,16H,1-7H3;2*1H;. The second-order valence-corrected chi connectivity index (χ2v) is 6.54. The van der Waals surface area contributed by atoms with E-state index in [1.807, 2.05) is 6.07 Å². The predicted octanol–water partition coefficient (Wildman–Crippen LogP) is 4.84. The summed E-state index contributed by atoms with van der Waals surface area (Å²) in [7, 11) is 1.67. The van der Waals surface area contributed by atoms with Gasteiger partial charge in [-0.3, -0.25) is 0 Å². The largest absolute Gasteiger partial charge is 0.508 e. The molecule has 0 aliphatic heterocycles. The first-order valence-electron chi connectivity index (χ1n) is 6.00. The molecule has 1 aromatic rings. The number of hydrogen-bond donors (Lipinski definition) is 1. The van der Waals surface area contributed by atoms with Crippen LogP contribution in [0.2, 0.25) is 0 Å². The number of ether oxygens (including phenoxy) is 1. The van der Waals surface area contributed by atoms with Gasteiger partial charge < -0.3 is 9.84 Å². The van der Waals surface area contributed by atoms with Crippen LogP contribution in [-0.2, 0) is 32.5 Å². The maximum atomic E-state index is 10.2. The van der Waals surface area contributed by atoms with Gasteiger partial charge in [0.2, 0.25) is 0 Å². The average molecular weight is 357 g/mol. The zero-order chi connectivity index (χ0) is 13.4. The molecule has 20 heavy (non-hydrogen) atoms. The van der Waals surface area contributed by atoms with Crippen LogP contribution in [0, 0.1) is 0 Å². The molecule has 0 radical (unpaired) electrons. The van der Waals surface area contributed by atoms with Crippen molar-refractivity contribution in [3.63, 3.8) is 0 Å². The summed E-state index contributed by atoms with van der Waals surface area (Å²) in [4.78, 5) is 0. The van der Waals surface area contributed by atoms with Crippen molar-refractivity contribution in [1.82, 2.24) is 0 Å². The first-order chi connectivity index (χ1) is 7.59. The van der Waals surface area contributed by atoms with Crippen molar-refractivity contribution in [2.24, 2.45) is 0 Å². The Morgan fingerprint density at radius 3 is 1.55 bits per heavy atom. The van der Waals surface area contributed by atoms with E-state index in [0.29, 0.717) is 5.75 Å². The Labute approximate surface area is 150 Å². The molecule has 0 spiro atoms. The normalized spacial score (nSPS) is 10.8. The maximum Gasteiger partial charge on any atom is 0.123 e. The van der Waals surface area contributed by atoms with E-state index < -0.39 is 0 Å². The zero-order valence-corrected chi connectivity index (χ0v) is 16.5. The number of hydrogen-bond acceptors (Lipinski definition) is 2. The SMILES string of the molecule is COc1ccc(O)c(C(C)(C)C)c1C(C)(C)C.Cl.Cl.[Ti]. The molecule has 0 aliphatic carbocycles. The van der Waals surface area contributed by atoms with E-state index in [4.69, 9.17) is 4.74 Å². The van der Waals surface area contributed by atoms with Crippen molar-refractivity contribution in [3.8, 4) is 11.5 Å². The number of methoxy groups -OCH3 is 1. The first-order valence-corrected chi connectivity index (χ1v) is 6.00. The topological polar surface area (TPSA) is 29.5 Å². The van der Waals surface area contributed by atoms with E-state index in [-0.39, 0.29) is 57.4 Å². The summed E-state index contributed by atoms with van der Waals surface area (Å²) in [5.74, 6) is 1.20. The van der Waals surface area contributed by atoms with Crippen LogP contribution in [0.25, 0.3) is 0 Å². The molecule has 0 heterocycles. The summed E-state index contributed by atoms with van der Waals surface area (Å²) in [5.41, 5.74) is 1.89. The Hall–Kier alpha value is 0.114. The van der Waals surface area contributed by atoms with Crippen molar-refractivity contribution < 1.29 is 31.6 Å². The number of halogens is 2. The van der Waals surface area contributed by atoms with Crippen LogP contribution in [0.1, 0.15) is 52.7 Å². The fourth-order valence-electron chi connectivity index (χ4n) is 2.25. The Morgan fingerprint density at radius 2 is 1.25 bits per heavy atom. The van der Waals surface area contributed by atoms with Gasteiger partial charge in [-0.1, -0.05) is 41.5 Å². The summed E-state index contributed by atoms with van der Waals surface area (Å²) < 4.78 is 5.45. The molecule has 0 bridgehead atoms. The minimum Gasteiger partial charge on any atom is -0.508 e. The van der Waals surface area contributed by atoms with Crippen LogP contribution < -0.4 is 4.74 Å². The number of rotatable bonds is 1. The van der Waals surface area contributed by atoms with Gasteiger partial charge in [-0.15, -0.1) is 24.8 Å².